The highest BCUT2D eigenvalue weighted by molar-refractivity contribution is 5.78. The second-order valence-electron chi connectivity index (χ2n) is 6.11. The van der Waals surface area contributed by atoms with Crippen LogP contribution < -0.4 is 11.1 Å². The normalized spacial score (nSPS) is 18.5. The standard InChI is InChI=1S/C17H24N6O/c18-8-9-19-17(24)14-5-4-10-22(12-14)13-15-11-20-23(21-15)16-6-2-1-3-7-16/h1-3,6-7,11,14H,4-5,8-10,12-13,18H2,(H,19,24). The van der Waals surface area contributed by atoms with Crippen molar-refractivity contribution >= 4 is 5.91 Å². The Hall–Kier alpha value is -2.25. The fraction of sp³-hybridized carbons (Fsp3) is 0.471. The third-order valence-corrected chi connectivity index (χ3v) is 4.23. The van der Waals surface area contributed by atoms with E-state index in [1.807, 2.05) is 30.3 Å². The number of nitrogens with one attached hydrogen (secondary N) is 1. The predicted octanol–water partition coefficient (Wildman–Crippen LogP) is 0.554. The molecule has 2 aromatic rings. The van der Waals surface area contributed by atoms with E-state index in [4.69, 9.17) is 5.73 Å². The maximum absolute atomic E-state index is 12.1. The number of amides is 1. The highest BCUT2D eigenvalue weighted by Gasteiger charge is 2.25. The van der Waals surface area contributed by atoms with Gasteiger partial charge in [-0.15, -0.1) is 0 Å². The summed E-state index contributed by atoms with van der Waals surface area (Å²) in [5, 5.41) is 11.8. The van der Waals surface area contributed by atoms with E-state index in [0.29, 0.717) is 19.6 Å². The Balaban J connectivity index is 1.58. The summed E-state index contributed by atoms with van der Waals surface area (Å²) in [5.74, 6) is 0.146. The molecular weight excluding hydrogens is 304 g/mol. The number of hydrogen-bond donors (Lipinski definition) is 2. The zero-order chi connectivity index (χ0) is 16.8. The van der Waals surface area contributed by atoms with Gasteiger partial charge in [-0.05, 0) is 31.5 Å². The number of piperidine rings is 1. The molecule has 1 aliphatic heterocycles. The van der Waals surface area contributed by atoms with Gasteiger partial charge in [0.05, 0.1) is 23.5 Å². The molecular formula is C17H24N6O. The lowest BCUT2D eigenvalue weighted by molar-refractivity contribution is -0.126. The summed E-state index contributed by atoms with van der Waals surface area (Å²) in [5.41, 5.74) is 7.31. The van der Waals surface area contributed by atoms with Gasteiger partial charge in [0.25, 0.3) is 0 Å². The SMILES string of the molecule is NCCNC(=O)C1CCCN(Cc2cnn(-c3ccccc3)n2)C1. The lowest BCUT2D eigenvalue weighted by Gasteiger charge is -2.31. The van der Waals surface area contributed by atoms with Crippen LogP contribution in [0.15, 0.2) is 36.5 Å². The second kappa shape index (κ2) is 8.03. The molecule has 7 nitrogen and oxygen atoms in total. The first-order valence-corrected chi connectivity index (χ1v) is 8.43. The summed E-state index contributed by atoms with van der Waals surface area (Å²) in [6.45, 7) is 3.48. The van der Waals surface area contributed by atoms with Gasteiger partial charge in [-0.25, -0.2) is 0 Å². The van der Waals surface area contributed by atoms with Crippen LogP contribution in [0.5, 0.6) is 0 Å². The molecule has 0 saturated carbocycles. The van der Waals surface area contributed by atoms with Crippen molar-refractivity contribution in [3.05, 3.63) is 42.2 Å². The van der Waals surface area contributed by atoms with Crippen LogP contribution in [0.2, 0.25) is 0 Å². The van der Waals surface area contributed by atoms with Gasteiger partial charge < -0.3 is 11.1 Å². The average Bonchev–Trinajstić information content (AvgIpc) is 3.09. The fourth-order valence-electron chi connectivity index (χ4n) is 3.03. The second-order valence-corrected chi connectivity index (χ2v) is 6.11. The third kappa shape index (κ3) is 4.18. The van der Waals surface area contributed by atoms with E-state index in [9.17, 15) is 4.79 Å². The van der Waals surface area contributed by atoms with Gasteiger partial charge in [0.1, 0.15) is 0 Å². The van der Waals surface area contributed by atoms with Crippen LogP contribution in [0.3, 0.4) is 0 Å². The highest BCUT2D eigenvalue weighted by Crippen LogP contribution is 2.18. The summed E-state index contributed by atoms with van der Waals surface area (Å²) >= 11 is 0. The van der Waals surface area contributed by atoms with E-state index < -0.39 is 0 Å². The first kappa shape index (κ1) is 16.6. The van der Waals surface area contributed by atoms with Crippen LogP contribution >= 0.6 is 0 Å². The van der Waals surface area contributed by atoms with Crippen molar-refractivity contribution in [2.45, 2.75) is 19.4 Å². The summed E-state index contributed by atoms with van der Waals surface area (Å²) in [4.78, 5) is 16.0. The summed E-state index contributed by atoms with van der Waals surface area (Å²) in [7, 11) is 0. The number of nitrogens with two attached hydrogens (primary N) is 1. The minimum Gasteiger partial charge on any atom is -0.355 e. The van der Waals surface area contributed by atoms with Gasteiger partial charge in [0, 0.05) is 26.2 Å². The van der Waals surface area contributed by atoms with E-state index in [0.717, 1.165) is 37.3 Å². The van der Waals surface area contributed by atoms with Crippen LogP contribution in [-0.2, 0) is 11.3 Å². The Morgan fingerprint density at radius 1 is 1.33 bits per heavy atom. The van der Waals surface area contributed by atoms with Crippen LogP contribution in [0.4, 0.5) is 0 Å². The van der Waals surface area contributed by atoms with Gasteiger partial charge in [0.2, 0.25) is 5.91 Å². The Bertz CT molecular complexity index is 656. The molecule has 1 amide bonds. The molecule has 24 heavy (non-hydrogen) atoms. The van der Waals surface area contributed by atoms with E-state index in [1.54, 1.807) is 11.0 Å². The van der Waals surface area contributed by atoms with Crippen molar-refractivity contribution in [1.82, 2.24) is 25.2 Å². The molecule has 1 fully saturated rings. The number of para-hydroxylation sites is 1. The number of carbonyl (C=O) groups excluding carboxylic acids is 1. The molecule has 7 heteroatoms. The number of hydrogen-bond acceptors (Lipinski definition) is 5. The topological polar surface area (TPSA) is 89.1 Å². The monoisotopic (exact) mass is 328 g/mol. The molecule has 1 saturated heterocycles. The van der Waals surface area contributed by atoms with Crippen molar-refractivity contribution in [3.63, 3.8) is 0 Å². The zero-order valence-electron chi connectivity index (χ0n) is 13.8. The fourth-order valence-corrected chi connectivity index (χ4v) is 3.03. The number of likely N-dealkylation sites (tertiary alicyclic amines) is 1. The van der Waals surface area contributed by atoms with Crippen molar-refractivity contribution < 1.29 is 4.79 Å². The lowest BCUT2D eigenvalue weighted by atomic mass is 9.97. The quantitative estimate of drug-likeness (QED) is 0.808. The molecule has 1 aromatic heterocycles. The van der Waals surface area contributed by atoms with E-state index >= 15 is 0 Å². The zero-order valence-corrected chi connectivity index (χ0v) is 13.8. The van der Waals surface area contributed by atoms with Gasteiger partial charge in [-0.1, -0.05) is 18.2 Å². The first-order chi connectivity index (χ1) is 11.8. The summed E-state index contributed by atoms with van der Waals surface area (Å²) in [6, 6.07) is 9.85. The molecule has 2 heterocycles. The third-order valence-electron chi connectivity index (χ3n) is 4.23. The van der Waals surface area contributed by atoms with Crippen molar-refractivity contribution in [3.8, 4) is 5.69 Å². The van der Waals surface area contributed by atoms with Crippen LogP contribution in [0.25, 0.3) is 5.69 Å². The van der Waals surface area contributed by atoms with Crippen molar-refractivity contribution in [1.29, 1.82) is 0 Å². The van der Waals surface area contributed by atoms with Crippen molar-refractivity contribution in [2.75, 3.05) is 26.2 Å². The van der Waals surface area contributed by atoms with Crippen LogP contribution in [0.1, 0.15) is 18.5 Å². The Morgan fingerprint density at radius 2 is 2.17 bits per heavy atom. The Labute approximate surface area is 141 Å². The number of carbonyl (C=O) groups is 1. The summed E-state index contributed by atoms with van der Waals surface area (Å²) < 4.78 is 0. The number of benzene rings is 1. The van der Waals surface area contributed by atoms with Crippen LogP contribution in [-0.4, -0.2) is 52.0 Å². The molecule has 0 aliphatic carbocycles. The Kier molecular flexibility index (Phi) is 5.55. The smallest absolute Gasteiger partial charge is 0.224 e. The molecule has 1 unspecified atom stereocenters. The summed E-state index contributed by atoms with van der Waals surface area (Å²) in [6.07, 6.45) is 3.75. The number of aromatic nitrogens is 3. The van der Waals surface area contributed by atoms with Gasteiger partial charge in [-0.3, -0.25) is 9.69 Å². The molecule has 0 bridgehead atoms. The lowest BCUT2D eigenvalue weighted by Crippen LogP contribution is -2.43. The molecule has 3 N–H and O–H groups in total. The average molecular weight is 328 g/mol. The number of rotatable bonds is 6. The van der Waals surface area contributed by atoms with Gasteiger partial charge in [0.15, 0.2) is 0 Å². The molecule has 1 atom stereocenters. The largest absolute Gasteiger partial charge is 0.355 e. The van der Waals surface area contributed by atoms with Gasteiger partial charge in [-0.2, -0.15) is 15.0 Å². The first-order valence-electron chi connectivity index (χ1n) is 8.43. The number of nitrogens with zero attached hydrogens (tertiary/aromatic N) is 4. The van der Waals surface area contributed by atoms with E-state index in [1.165, 1.54) is 0 Å². The van der Waals surface area contributed by atoms with E-state index in [-0.39, 0.29) is 11.8 Å². The van der Waals surface area contributed by atoms with Gasteiger partial charge >= 0.3 is 0 Å². The van der Waals surface area contributed by atoms with E-state index in [2.05, 4.69) is 20.4 Å². The molecule has 128 valence electrons. The van der Waals surface area contributed by atoms with Crippen molar-refractivity contribution in [2.24, 2.45) is 11.7 Å². The molecule has 1 aromatic carbocycles. The maximum atomic E-state index is 12.1. The van der Waals surface area contributed by atoms with Crippen LogP contribution in [0, 0.1) is 5.92 Å². The highest BCUT2D eigenvalue weighted by atomic mass is 16.1. The Morgan fingerprint density at radius 3 is 2.96 bits per heavy atom. The molecule has 0 radical (unpaired) electrons. The predicted molar refractivity (Wildman–Crippen MR) is 91.4 cm³/mol. The molecule has 0 spiro atoms. The maximum Gasteiger partial charge on any atom is 0.224 e. The molecule has 3 rings (SSSR count). The molecule has 1 aliphatic rings. The minimum absolute atomic E-state index is 0.0365. The minimum atomic E-state index is 0.0365.